The highest BCUT2D eigenvalue weighted by atomic mass is 14.4. The molecule has 2 saturated carbocycles. The molecule has 0 aromatic heterocycles. The Labute approximate surface area is 102 Å². The molecule has 16 heavy (non-hydrogen) atoms. The van der Waals surface area contributed by atoms with Crippen LogP contribution in [0.15, 0.2) is 0 Å². The monoisotopic (exact) mass is 222 g/mol. The minimum atomic E-state index is 0.729. The lowest BCUT2D eigenvalue weighted by molar-refractivity contribution is 0.207. The van der Waals surface area contributed by atoms with Crippen molar-refractivity contribution in [1.29, 1.82) is 0 Å². The largest absolute Gasteiger partial charge is 0.0625 e. The van der Waals surface area contributed by atoms with E-state index in [1.54, 1.807) is 6.42 Å². The maximum Gasteiger partial charge on any atom is -0.0323 e. The van der Waals surface area contributed by atoms with E-state index in [1.807, 2.05) is 0 Å². The summed E-state index contributed by atoms with van der Waals surface area (Å²) >= 11 is 0. The van der Waals surface area contributed by atoms with E-state index in [-0.39, 0.29) is 0 Å². The molecule has 94 valence electrons. The lowest BCUT2D eigenvalue weighted by Gasteiger charge is -2.31. The zero-order valence-electron chi connectivity index (χ0n) is 11.4. The van der Waals surface area contributed by atoms with Crippen molar-refractivity contribution in [1.82, 2.24) is 0 Å². The average molecular weight is 222 g/mol. The van der Waals surface area contributed by atoms with Crippen molar-refractivity contribution in [2.45, 2.75) is 84.5 Å². The topological polar surface area (TPSA) is 0 Å². The van der Waals surface area contributed by atoms with Crippen LogP contribution in [0.4, 0.5) is 0 Å². The minimum Gasteiger partial charge on any atom is -0.0625 e. The van der Waals surface area contributed by atoms with Crippen molar-refractivity contribution >= 4 is 0 Å². The lowest BCUT2D eigenvalue weighted by atomic mass is 9.74. The maximum atomic E-state index is 2.56. The predicted octanol–water partition coefficient (Wildman–Crippen LogP) is 5.56. The van der Waals surface area contributed by atoms with Crippen LogP contribution >= 0.6 is 0 Å². The summed E-state index contributed by atoms with van der Waals surface area (Å²) in [6.07, 6.45) is 16.6. The molecule has 0 spiro atoms. The van der Waals surface area contributed by atoms with E-state index in [0.29, 0.717) is 0 Å². The van der Waals surface area contributed by atoms with Crippen LogP contribution in [0.25, 0.3) is 0 Å². The zero-order chi connectivity index (χ0) is 11.4. The predicted molar refractivity (Wildman–Crippen MR) is 71.5 cm³/mol. The summed E-state index contributed by atoms with van der Waals surface area (Å²) in [7, 11) is 0. The Balaban J connectivity index is 1.82. The summed E-state index contributed by atoms with van der Waals surface area (Å²) in [5.74, 6) is 2.06. The van der Waals surface area contributed by atoms with Crippen LogP contribution in [-0.4, -0.2) is 0 Å². The normalized spacial score (nSPS) is 35.6. The van der Waals surface area contributed by atoms with Crippen LogP contribution in [0.5, 0.6) is 0 Å². The van der Waals surface area contributed by atoms with Crippen LogP contribution in [-0.2, 0) is 0 Å². The molecule has 2 aliphatic rings. The van der Waals surface area contributed by atoms with Crippen LogP contribution in [0, 0.1) is 17.3 Å². The molecule has 0 heteroatoms. The summed E-state index contributed by atoms with van der Waals surface area (Å²) in [4.78, 5) is 0. The highest BCUT2D eigenvalue weighted by molar-refractivity contribution is 4.83. The molecule has 0 amide bonds. The van der Waals surface area contributed by atoms with Crippen molar-refractivity contribution in [2.24, 2.45) is 17.3 Å². The summed E-state index contributed by atoms with van der Waals surface area (Å²) in [6, 6.07) is 0. The third kappa shape index (κ3) is 3.50. The Morgan fingerprint density at radius 1 is 0.875 bits per heavy atom. The third-order valence-corrected chi connectivity index (χ3v) is 5.22. The smallest absolute Gasteiger partial charge is 0.0323 e. The van der Waals surface area contributed by atoms with Gasteiger partial charge in [0, 0.05) is 0 Å². The molecule has 0 aromatic rings. The van der Waals surface area contributed by atoms with E-state index in [9.17, 15) is 0 Å². The van der Waals surface area contributed by atoms with Gasteiger partial charge in [0.15, 0.2) is 0 Å². The van der Waals surface area contributed by atoms with Gasteiger partial charge in [-0.15, -0.1) is 0 Å². The maximum absolute atomic E-state index is 2.56. The third-order valence-electron chi connectivity index (χ3n) is 5.22. The number of hydrogen-bond acceptors (Lipinski definition) is 0. The molecule has 2 rings (SSSR count). The van der Waals surface area contributed by atoms with Gasteiger partial charge in [-0.1, -0.05) is 65.2 Å². The average Bonchev–Trinajstić information content (AvgIpc) is 2.65. The molecular formula is C16H30. The molecule has 0 nitrogen and oxygen atoms in total. The Bertz CT molecular complexity index is 200. The zero-order valence-corrected chi connectivity index (χ0v) is 11.4. The Morgan fingerprint density at radius 2 is 1.56 bits per heavy atom. The molecule has 0 heterocycles. The van der Waals surface area contributed by atoms with Crippen LogP contribution in [0.1, 0.15) is 84.5 Å². The first-order chi connectivity index (χ1) is 7.68. The van der Waals surface area contributed by atoms with Gasteiger partial charge in [0.25, 0.3) is 0 Å². The molecule has 0 aromatic carbocycles. The van der Waals surface area contributed by atoms with E-state index in [0.717, 1.165) is 17.3 Å². The summed E-state index contributed by atoms with van der Waals surface area (Å²) in [5.41, 5.74) is 0.729. The fourth-order valence-corrected chi connectivity index (χ4v) is 4.07. The van der Waals surface area contributed by atoms with Gasteiger partial charge in [0.05, 0.1) is 0 Å². The fourth-order valence-electron chi connectivity index (χ4n) is 4.07. The molecular weight excluding hydrogens is 192 g/mol. The van der Waals surface area contributed by atoms with Gasteiger partial charge < -0.3 is 0 Å². The number of rotatable bonds is 2. The molecule has 0 bridgehead atoms. The van der Waals surface area contributed by atoms with E-state index in [4.69, 9.17) is 0 Å². The standard InChI is InChI=1S/C16H30/c1-14-7-3-4-8-15(10-9-14)13-16(2)11-5-6-12-16/h14-15H,3-13H2,1-2H3. The van der Waals surface area contributed by atoms with Crippen molar-refractivity contribution in [2.75, 3.05) is 0 Å². The Morgan fingerprint density at radius 3 is 2.31 bits per heavy atom. The molecule has 2 unspecified atom stereocenters. The van der Waals surface area contributed by atoms with E-state index in [1.165, 1.54) is 64.2 Å². The second-order valence-corrected chi connectivity index (χ2v) is 7.05. The van der Waals surface area contributed by atoms with Gasteiger partial charge >= 0.3 is 0 Å². The summed E-state index contributed by atoms with van der Waals surface area (Å²) in [6.45, 7) is 5.02. The first-order valence-electron chi connectivity index (χ1n) is 7.68. The van der Waals surface area contributed by atoms with Crippen LogP contribution in [0.3, 0.4) is 0 Å². The van der Waals surface area contributed by atoms with Gasteiger partial charge in [0.1, 0.15) is 0 Å². The minimum absolute atomic E-state index is 0.729. The first-order valence-corrected chi connectivity index (χ1v) is 7.68. The molecule has 2 aliphatic carbocycles. The second kappa shape index (κ2) is 5.56. The molecule has 2 atom stereocenters. The quantitative estimate of drug-likeness (QED) is 0.573. The van der Waals surface area contributed by atoms with Gasteiger partial charge in [-0.25, -0.2) is 0 Å². The molecule has 0 saturated heterocycles. The second-order valence-electron chi connectivity index (χ2n) is 7.05. The van der Waals surface area contributed by atoms with Crippen LogP contribution in [0.2, 0.25) is 0 Å². The molecule has 2 fully saturated rings. The summed E-state index contributed by atoms with van der Waals surface area (Å²) < 4.78 is 0. The van der Waals surface area contributed by atoms with E-state index >= 15 is 0 Å². The molecule has 0 aliphatic heterocycles. The lowest BCUT2D eigenvalue weighted by Crippen LogP contribution is -2.18. The number of hydrogen-bond donors (Lipinski definition) is 0. The highest BCUT2D eigenvalue weighted by Gasteiger charge is 2.31. The van der Waals surface area contributed by atoms with Gasteiger partial charge in [-0.05, 0) is 36.5 Å². The van der Waals surface area contributed by atoms with E-state index < -0.39 is 0 Å². The Kier molecular flexibility index (Phi) is 4.33. The fraction of sp³-hybridized carbons (Fsp3) is 1.00. The molecule has 0 radical (unpaired) electrons. The summed E-state index contributed by atoms with van der Waals surface area (Å²) in [5, 5.41) is 0. The van der Waals surface area contributed by atoms with Gasteiger partial charge in [0.2, 0.25) is 0 Å². The van der Waals surface area contributed by atoms with E-state index in [2.05, 4.69) is 13.8 Å². The van der Waals surface area contributed by atoms with Crippen molar-refractivity contribution in [3.8, 4) is 0 Å². The van der Waals surface area contributed by atoms with Gasteiger partial charge in [-0.3, -0.25) is 0 Å². The SMILES string of the molecule is CC1CCCCC(CC2(C)CCCC2)CC1. The van der Waals surface area contributed by atoms with Crippen LogP contribution < -0.4 is 0 Å². The van der Waals surface area contributed by atoms with Crippen molar-refractivity contribution in [3.05, 3.63) is 0 Å². The van der Waals surface area contributed by atoms with Crippen molar-refractivity contribution in [3.63, 3.8) is 0 Å². The molecule has 0 N–H and O–H groups in total. The Hall–Kier alpha value is 0. The van der Waals surface area contributed by atoms with Gasteiger partial charge in [-0.2, -0.15) is 0 Å². The highest BCUT2D eigenvalue weighted by Crippen LogP contribution is 2.45. The first kappa shape index (κ1) is 12.5. The van der Waals surface area contributed by atoms with Crippen molar-refractivity contribution < 1.29 is 0 Å².